The van der Waals surface area contributed by atoms with Gasteiger partial charge in [0.25, 0.3) is 0 Å². The third-order valence-corrected chi connectivity index (χ3v) is 14.9. The zero-order chi connectivity index (χ0) is 32.2. The van der Waals surface area contributed by atoms with E-state index in [0.717, 1.165) is 59.8 Å². The molecule has 1 saturated carbocycles. The molecule has 0 amide bonds. The summed E-state index contributed by atoms with van der Waals surface area (Å²) in [4.78, 5) is 5.31. The molecule has 2 aliphatic carbocycles. The Kier molecular flexibility index (Phi) is 8.73. The number of aromatic nitrogens is 1. The minimum absolute atomic E-state index is 0.0168. The molecule has 1 N–H and O–H groups in total. The van der Waals surface area contributed by atoms with Crippen molar-refractivity contribution in [2.45, 2.75) is 116 Å². The van der Waals surface area contributed by atoms with Gasteiger partial charge in [-0.2, -0.15) is 18.4 Å². The molecule has 238 valence electrons. The van der Waals surface area contributed by atoms with Crippen molar-refractivity contribution in [3.05, 3.63) is 69.0 Å². The number of halogens is 3. The van der Waals surface area contributed by atoms with Gasteiger partial charge in [-0.05, 0) is 90.4 Å². The average Bonchev–Trinajstić information content (AvgIpc) is 2.93. The second kappa shape index (κ2) is 11.7. The number of rotatable bonds is 6. The standard InChI is InChI=1S/C35H45F3N2O3Si/c1-21(2)31-30(32(41)23-9-10-25(35(36,37)38)24(17-23)20-39)28(22-11-15-42-16-12-22)29-26(40-31)18-34(13-8-14-34)19-27(29)43-44(6,7)33(3,4)5/h9-11,17,21,27,32,41H,8,12-16,18-19H2,1-7H3/t27-,32-/m0/s1. The SMILES string of the molecule is CC(C)c1nc2c(c(C3=CCOCC3)c1[C@@H](O)c1ccc(C(F)(F)F)c(C#N)c1)[C@@H](O[Si](C)(C)C(C)(C)C)CC1(CCC1)C2. The molecule has 44 heavy (non-hydrogen) atoms. The Morgan fingerprint density at radius 1 is 1.18 bits per heavy atom. The van der Waals surface area contributed by atoms with Crippen LogP contribution < -0.4 is 0 Å². The molecule has 9 heteroatoms. The fourth-order valence-electron chi connectivity index (χ4n) is 6.83. The first-order valence-corrected chi connectivity index (χ1v) is 18.7. The summed E-state index contributed by atoms with van der Waals surface area (Å²) in [6.07, 6.45) is 1.75. The maximum Gasteiger partial charge on any atom is 0.417 e. The van der Waals surface area contributed by atoms with E-state index >= 15 is 0 Å². The van der Waals surface area contributed by atoms with E-state index in [0.29, 0.717) is 25.2 Å². The number of benzene rings is 1. The number of hydrogen-bond acceptors (Lipinski definition) is 5. The maximum atomic E-state index is 13.7. The lowest BCUT2D eigenvalue weighted by Crippen LogP contribution is -2.46. The Morgan fingerprint density at radius 2 is 1.89 bits per heavy atom. The molecule has 1 aliphatic heterocycles. The highest BCUT2D eigenvalue weighted by Crippen LogP contribution is 2.57. The third-order valence-electron chi connectivity index (χ3n) is 10.4. The van der Waals surface area contributed by atoms with Crippen LogP contribution in [-0.2, 0) is 21.8 Å². The van der Waals surface area contributed by atoms with Gasteiger partial charge in [0, 0.05) is 22.5 Å². The van der Waals surface area contributed by atoms with Gasteiger partial charge in [-0.1, -0.05) is 53.2 Å². The van der Waals surface area contributed by atoms with Crippen LogP contribution in [0.2, 0.25) is 18.1 Å². The number of ether oxygens (including phenoxy) is 1. The van der Waals surface area contributed by atoms with Crippen LogP contribution in [-0.4, -0.2) is 31.6 Å². The van der Waals surface area contributed by atoms with Crippen LogP contribution in [0.1, 0.15) is 130 Å². The van der Waals surface area contributed by atoms with Gasteiger partial charge in [0.2, 0.25) is 0 Å². The Balaban J connectivity index is 1.78. The first kappa shape index (κ1) is 32.9. The molecular weight excluding hydrogens is 581 g/mol. The van der Waals surface area contributed by atoms with Gasteiger partial charge in [-0.25, -0.2) is 0 Å². The number of alkyl halides is 3. The van der Waals surface area contributed by atoms with Crippen molar-refractivity contribution >= 4 is 13.9 Å². The average molecular weight is 627 g/mol. The summed E-state index contributed by atoms with van der Waals surface area (Å²) in [5.74, 6) is -0.0620. The predicted octanol–water partition coefficient (Wildman–Crippen LogP) is 9.16. The lowest BCUT2D eigenvalue weighted by molar-refractivity contribution is -0.137. The number of hydrogen-bond donors (Lipinski definition) is 1. The molecule has 0 saturated heterocycles. The van der Waals surface area contributed by atoms with Gasteiger partial charge in [-0.3, -0.25) is 4.98 Å². The minimum Gasteiger partial charge on any atom is -0.410 e. The van der Waals surface area contributed by atoms with E-state index in [2.05, 4.69) is 39.9 Å². The van der Waals surface area contributed by atoms with Gasteiger partial charge in [0.1, 0.15) is 6.10 Å². The van der Waals surface area contributed by atoms with Crippen molar-refractivity contribution in [1.82, 2.24) is 4.98 Å². The highest BCUT2D eigenvalue weighted by Gasteiger charge is 2.49. The van der Waals surface area contributed by atoms with Crippen molar-refractivity contribution in [3.8, 4) is 6.07 Å². The van der Waals surface area contributed by atoms with Gasteiger partial charge in [0.15, 0.2) is 8.32 Å². The van der Waals surface area contributed by atoms with Crippen LogP contribution in [0.15, 0.2) is 24.3 Å². The molecule has 2 heterocycles. The van der Waals surface area contributed by atoms with Crippen molar-refractivity contribution in [3.63, 3.8) is 0 Å². The van der Waals surface area contributed by atoms with Crippen molar-refractivity contribution < 1.29 is 27.4 Å². The number of nitriles is 1. The van der Waals surface area contributed by atoms with E-state index < -0.39 is 31.7 Å². The zero-order valence-electron chi connectivity index (χ0n) is 27.0. The van der Waals surface area contributed by atoms with Crippen LogP contribution in [0.3, 0.4) is 0 Å². The number of aliphatic hydroxyl groups is 1. The summed E-state index contributed by atoms with van der Waals surface area (Å²) < 4.78 is 53.9. The molecule has 0 bridgehead atoms. The van der Waals surface area contributed by atoms with Crippen molar-refractivity contribution in [2.24, 2.45) is 5.41 Å². The molecule has 1 aromatic heterocycles. The van der Waals surface area contributed by atoms with Crippen molar-refractivity contribution in [1.29, 1.82) is 5.26 Å². The quantitative estimate of drug-likeness (QED) is 0.324. The van der Waals surface area contributed by atoms with Crippen LogP contribution in [0.25, 0.3) is 5.57 Å². The maximum absolute atomic E-state index is 13.7. The third kappa shape index (κ3) is 6.03. The molecule has 1 fully saturated rings. The summed E-state index contributed by atoms with van der Waals surface area (Å²) in [5.41, 5.74) is 4.20. The van der Waals surface area contributed by atoms with E-state index in [-0.39, 0.29) is 28.0 Å². The first-order valence-electron chi connectivity index (χ1n) is 15.8. The van der Waals surface area contributed by atoms with E-state index in [1.54, 1.807) is 6.07 Å². The minimum atomic E-state index is -4.67. The largest absolute Gasteiger partial charge is 0.417 e. The summed E-state index contributed by atoms with van der Waals surface area (Å²) >= 11 is 0. The van der Waals surface area contributed by atoms with E-state index in [9.17, 15) is 23.5 Å². The van der Waals surface area contributed by atoms with Gasteiger partial charge >= 0.3 is 6.18 Å². The fourth-order valence-corrected chi connectivity index (χ4v) is 8.10. The van der Waals surface area contributed by atoms with E-state index in [1.807, 2.05) is 13.8 Å². The smallest absolute Gasteiger partial charge is 0.410 e. The van der Waals surface area contributed by atoms with Crippen LogP contribution in [0.4, 0.5) is 13.2 Å². The normalized spacial score (nSPS) is 21.0. The van der Waals surface area contributed by atoms with Gasteiger partial charge < -0.3 is 14.3 Å². The molecule has 5 nitrogen and oxygen atoms in total. The Hall–Kier alpha value is -2.51. The molecule has 3 aliphatic rings. The molecule has 2 atom stereocenters. The number of nitrogens with zero attached hydrogens (tertiary/aromatic N) is 2. The van der Waals surface area contributed by atoms with Gasteiger partial charge in [0.05, 0.1) is 36.5 Å². The number of pyridine rings is 1. The molecule has 2 aromatic rings. The van der Waals surface area contributed by atoms with Crippen molar-refractivity contribution in [2.75, 3.05) is 13.2 Å². The summed E-state index contributed by atoms with van der Waals surface area (Å²) in [7, 11) is -2.24. The van der Waals surface area contributed by atoms with Crippen LogP contribution in [0, 0.1) is 16.7 Å². The second-order valence-corrected chi connectivity index (χ2v) is 19.5. The Bertz CT molecular complexity index is 1500. The molecule has 1 spiro atoms. The molecule has 5 rings (SSSR count). The zero-order valence-corrected chi connectivity index (χ0v) is 28.0. The first-order chi connectivity index (χ1) is 20.5. The highest BCUT2D eigenvalue weighted by atomic mass is 28.4. The number of aliphatic hydroxyl groups excluding tert-OH is 1. The number of fused-ring (bicyclic) bond motifs is 1. The predicted molar refractivity (Wildman–Crippen MR) is 168 cm³/mol. The van der Waals surface area contributed by atoms with Crippen LogP contribution in [0.5, 0.6) is 0 Å². The van der Waals surface area contributed by atoms with E-state index in [1.165, 1.54) is 18.6 Å². The summed E-state index contributed by atoms with van der Waals surface area (Å²) in [6.45, 7) is 16.3. The highest BCUT2D eigenvalue weighted by molar-refractivity contribution is 6.74. The molecule has 1 aromatic carbocycles. The second-order valence-electron chi connectivity index (χ2n) is 14.8. The molecular formula is C35H45F3N2O3Si. The lowest BCUT2D eigenvalue weighted by atomic mass is 9.59. The van der Waals surface area contributed by atoms with E-state index in [4.69, 9.17) is 14.1 Å². The monoisotopic (exact) mass is 626 g/mol. The fraction of sp³-hybridized carbons (Fsp3) is 0.600. The lowest BCUT2D eigenvalue weighted by Gasteiger charge is -2.51. The Morgan fingerprint density at radius 3 is 2.41 bits per heavy atom. The van der Waals surface area contributed by atoms with Crippen LogP contribution >= 0.6 is 0 Å². The summed E-state index contributed by atoms with van der Waals surface area (Å²) in [6, 6.07) is 5.05. The molecule has 0 unspecified atom stereocenters. The van der Waals surface area contributed by atoms with Gasteiger partial charge in [-0.15, -0.1) is 0 Å². The molecule has 0 radical (unpaired) electrons. The topological polar surface area (TPSA) is 75.4 Å². The Labute approximate surface area is 260 Å². The summed E-state index contributed by atoms with van der Waals surface area (Å²) in [5, 5.41) is 21.7.